The van der Waals surface area contributed by atoms with Crippen LogP contribution in [-0.2, 0) is 61.6 Å². The van der Waals surface area contributed by atoms with Crippen LogP contribution in [0.2, 0.25) is 0 Å². The molecule has 0 bridgehead atoms. The molecule has 0 saturated carbocycles. The van der Waals surface area contributed by atoms with Crippen LogP contribution in [0.15, 0.2) is 166 Å². The molecule has 0 aliphatic heterocycles. The number of benzene rings is 8. The number of hydrogen-bond donors (Lipinski definition) is 4. The van der Waals surface area contributed by atoms with Crippen LogP contribution in [-0.4, -0.2) is 96.1 Å². The van der Waals surface area contributed by atoms with Gasteiger partial charge < -0.3 is 14.4 Å². The number of thiazole rings is 4. The molecule has 12 aromatic rings. The molecule has 0 fully saturated rings. The number of aryl methyl sites for hydroxylation is 5. The molecule has 0 spiro atoms. The van der Waals surface area contributed by atoms with E-state index in [0.717, 1.165) is 78.1 Å². The van der Waals surface area contributed by atoms with Gasteiger partial charge in [-0.3, -0.25) is 18.2 Å². The first-order valence-electron chi connectivity index (χ1n) is 26.9. The lowest BCUT2D eigenvalue weighted by Gasteiger charge is -2.27. The van der Waals surface area contributed by atoms with E-state index in [-0.39, 0.29) is 20.4 Å². The Balaban J connectivity index is 0.000000176. The SMILES string of the molecule is COc1ccc(C(C)(C)c2ccc(Oc3ccc(P(=O)(O)c4ccc(C)cc4)cc3)cc2)cc1S(=O)(=O)O.Cc1cc(-c2nc3cc4sc(C)nc4cc3s2)cc(S(=O)(=O)O)c1.Cc1nc2cc3sc(-c4ccc(S(=O)(=O)O)c(C)c4)nc3cc2s1.O=S(=O)=O.O=S(=O)=O. The zero-order valence-electron chi connectivity index (χ0n) is 50.3. The minimum atomic E-state index is -4.46. The van der Waals surface area contributed by atoms with Crippen LogP contribution in [0.5, 0.6) is 17.2 Å². The molecular formula is C61H53N4O19PS9. The van der Waals surface area contributed by atoms with E-state index in [1.165, 1.54) is 60.1 Å². The molecular weight excluding hydrogens is 1410 g/mol. The second kappa shape index (κ2) is 29.0. The minimum Gasteiger partial charge on any atom is -0.495 e. The van der Waals surface area contributed by atoms with Crippen LogP contribution in [0.1, 0.15) is 51.7 Å². The molecule has 0 radical (unpaired) electrons. The molecule has 94 heavy (non-hydrogen) atoms. The zero-order valence-corrected chi connectivity index (χ0v) is 58.5. The molecule has 8 aromatic carbocycles. The van der Waals surface area contributed by atoms with Gasteiger partial charge in [0.2, 0.25) is 0 Å². The van der Waals surface area contributed by atoms with Crippen LogP contribution in [0.4, 0.5) is 0 Å². The number of fused-ring (bicyclic) bond motifs is 4. The summed E-state index contributed by atoms with van der Waals surface area (Å²) >= 11 is 6.28. The Hall–Kier alpha value is -7.92. The summed E-state index contributed by atoms with van der Waals surface area (Å²) in [4.78, 5) is 28.5. The summed E-state index contributed by atoms with van der Waals surface area (Å²) < 4.78 is 176. The van der Waals surface area contributed by atoms with Gasteiger partial charge in [0.05, 0.1) is 67.8 Å². The third kappa shape index (κ3) is 17.9. The van der Waals surface area contributed by atoms with Crippen molar-refractivity contribution in [1.82, 2.24) is 19.9 Å². The Labute approximate surface area is 557 Å². The van der Waals surface area contributed by atoms with E-state index in [9.17, 15) is 48.4 Å². The molecule has 4 aromatic heterocycles. The second-order valence-corrected chi connectivity index (χ2v) is 32.7. The second-order valence-electron chi connectivity index (χ2n) is 21.0. The molecule has 1 unspecified atom stereocenters. The number of hydrogen-bond acceptors (Lipinski definition) is 23. The molecule has 0 amide bonds. The first kappa shape index (κ1) is 71.9. The van der Waals surface area contributed by atoms with Gasteiger partial charge in [0.15, 0.2) is 0 Å². The Morgan fingerprint density at radius 2 is 0.883 bits per heavy atom. The van der Waals surface area contributed by atoms with Crippen LogP contribution < -0.4 is 20.1 Å². The number of rotatable bonds is 12. The van der Waals surface area contributed by atoms with Gasteiger partial charge in [-0.15, -0.1) is 70.6 Å². The van der Waals surface area contributed by atoms with Gasteiger partial charge in [-0.05, 0) is 172 Å². The summed E-state index contributed by atoms with van der Waals surface area (Å²) in [5.74, 6) is 1.15. The van der Waals surface area contributed by atoms with Crippen molar-refractivity contribution in [2.45, 2.75) is 68.6 Å². The normalized spacial score (nSPS) is 12.3. The van der Waals surface area contributed by atoms with E-state index in [4.69, 9.17) is 34.7 Å². The van der Waals surface area contributed by atoms with E-state index >= 15 is 0 Å². The minimum absolute atomic E-state index is 0.0678. The summed E-state index contributed by atoms with van der Waals surface area (Å²) in [6.07, 6.45) is 0. The third-order valence-corrected chi connectivity index (χ3v) is 22.6. The van der Waals surface area contributed by atoms with Crippen molar-refractivity contribution in [2.24, 2.45) is 0 Å². The molecule has 490 valence electrons. The first-order valence-corrected chi connectivity index (χ1v) is 38.2. The molecule has 12 rings (SSSR count). The predicted octanol–water partition coefficient (Wildman–Crippen LogP) is 12.5. The number of nitrogens with zero attached hydrogens (tertiary/aromatic N) is 4. The lowest BCUT2D eigenvalue weighted by molar-refractivity contribution is 0.396. The maximum atomic E-state index is 13.0. The van der Waals surface area contributed by atoms with E-state index in [0.29, 0.717) is 43.8 Å². The average Bonchev–Trinajstić information content (AvgIpc) is 1.34. The van der Waals surface area contributed by atoms with Crippen molar-refractivity contribution in [3.63, 3.8) is 0 Å². The first-order chi connectivity index (χ1) is 43.9. The van der Waals surface area contributed by atoms with E-state index in [1.54, 1.807) is 103 Å². The molecule has 4 heterocycles. The van der Waals surface area contributed by atoms with Gasteiger partial charge in [-0.2, -0.15) is 25.3 Å². The summed E-state index contributed by atoms with van der Waals surface area (Å²) in [6, 6.07) is 43.1. The lowest BCUT2D eigenvalue weighted by atomic mass is 9.78. The summed E-state index contributed by atoms with van der Waals surface area (Å²) in [6.45, 7) is 13.2. The van der Waals surface area contributed by atoms with Crippen molar-refractivity contribution in [3.8, 4) is 38.4 Å². The van der Waals surface area contributed by atoms with Crippen LogP contribution >= 0.6 is 52.7 Å². The average molecular weight is 1470 g/mol. The molecule has 1 atom stereocenters. The smallest absolute Gasteiger partial charge is 0.425 e. The Morgan fingerprint density at radius 1 is 0.457 bits per heavy atom. The van der Waals surface area contributed by atoms with Gasteiger partial charge in [-0.25, -0.2) is 19.9 Å². The highest BCUT2D eigenvalue weighted by Gasteiger charge is 2.28. The quantitative estimate of drug-likeness (QED) is 0.0652. The van der Waals surface area contributed by atoms with Crippen molar-refractivity contribution in [1.29, 1.82) is 0 Å². The third-order valence-electron chi connectivity index (χ3n) is 13.9. The summed E-state index contributed by atoms with van der Waals surface area (Å²) in [7, 11) is -21.5. The van der Waals surface area contributed by atoms with Gasteiger partial charge in [0, 0.05) is 27.2 Å². The van der Waals surface area contributed by atoms with Crippen LogP contribution in [0.25, 0.3) is 62.0 Å². The highest BCUT2D eigenvalue weighted by molar-refractivity contribution is 7.86. The predicted molar refractivity (Wildman–Crippen MR) is 363 cm³/mol. The van der Waals surface area contributed by atoms with Crippen LogP contribution in [0, 0.1) is 34.6 Å². The maximum Gasteiger partial charge on any atom is 0.425 e. The highest BCUT2D eigenvalue weighted by Crippen LogP contribution is 2.41. The van der Waals surface area contributed by atoms with Gasteiger partial charge in [0.25, 0.3) is 37.7 Å². The lowest BCUT2D eigenvalue weighted by Crippen LogP contribution is -2.19. The Bertz CT molecular complexity index is 5390. The number of aromatic nitrogens is 4. The van der Waals surface area contributed by atoms with Crippen molar-refractivity contribution in [3.05, 3.63) is 189 Å². The largest absolute Gasteiger partial charge is 0.495 e. The van der Waals surface area contributed by atoms with E-state index < -0.39 is 64.4 Å². The topological polar surface area (TPSA) is 373 Å². The number of ether oxygens (including phenoxy) is 2. The standard InChI is InChI=1S/C29H29O7PS.2C16H12N2O3S3.2O3S/c1-20-5-14-25(15-6-20)37(30,31)26-16-12-24(13-17-26)36-23-10-7-21(8-11-23)29(2,3)22-9-18-27(35-4)28(19-22)38(32,33)34;1-8-3-10(5-11(4-8)24(19,20)21)16-18-13-7-14-12(6-15(13)23-16)17-9(2)22-14;1-8-5-10(3-4-15(8)24(19,20)21)16-18-12-7-13-11(6-14(12)23-16)17-9(2)22-13;2*1-4(2)3/h5-19H,1-4H3,(H,30,31)(H,32,33,34);2*3-7H,1-2H3,(H,19,20,21);;. The van der Waals surface area contributed by atoms with Gasteiger partial charge in [-0.1, -0.05) is 55.8 Å². The van der Waals surface area contributed by atoms with Gasteiger partial charge >= 0.3 is 21.2 Å². The molecule has 33 heteroatoms. The van der Waals surface area contributed by atoms with Gasteiger partial charge in [0.1, 0.15) is 32.2 Å². The fourth-order valence-corrected chi connectivity index (χ4v) is 16.4. The Kier molecular flexibility index (Phi) is 22.2. The van der Waals surface area contributed by atoms with Crippen molar-refractivity contribution >= 4 is 156 Å². The monoisotopic (exact) mass is 1460 g/mol. The fraction of sp³-hybridized carbons (Fsp3) is 0.148. The zero-order chi connectivity index (χ0) is 69.0. The molecule has 4 N–H and O–H groups in total. The highest BCUT2D eigenvalue weighted by atomic mass is 32.2. The van der Waals surface area contributed by atoms with Crippen molar-refractivity contribution < 1.29 is 83.1 Å². The Morgan fingerprint density at radius 3 is 1.33 bits per heavy atom. The van der Waals surface area contributed by atoms with E-state index in [1.807, 2.05) is 89.2 Å². The van der Waals surface area contributed by atoms with Crippen molar-refractivity contribution in [2.75, 3.05) is 7.11 Å². The number of methoxy groups -OCH3 is 1. The molecule has 0 aliphatic carbocycles. The summed E-state index contributed by atoms with van der Waals surface area (Å²) in [5.41, 5.74) is 8.42. The summed E-state index contributed by atoms with van der Waals surface area (Å²) in [5, 5.41) is 4.25. The van der Waals surface area contributed by atoms with Crippen LogP contribution in [0.3, 0.4) is 0 Å². The maximum absolute atomic E-state index is 13.0. The van der Waals surface area contributed by atoms with E-state index in [2.05, 4.69) is 19.9 Å². The molecule has 0 saturated heterocycles. The molecule has 23 nitrogen and oxygen atoms in total. The fourth-order valence-electron chi connectivity index (χ4n) is 9.39. The molecule has 0 aliphatic rings.